The lowest BCUT2D eigenvalue weighted by Crippen LogP contribution is -2.23. The number of nitriles is 1. The second-order valence-corrected chi connectivity index (χ2v) is 4.24. The molecule has 0 atom stereocenters. The molecule has 19 heavy (non-hydrogen) atoms. The summed E-state index contributed by atoms with van der Waals surface area (Å²) in [5.74, 6) is -0.231. The molecule has 0 bridgehead atoms. The lowest BCUT2D eigenvalue weighted by molar-refractivity contribution is 0.0950. The van der Waals surface area contributed by atoms with Gasteiger partial charge in [-0.25, -0.2) is 0 Å². The number of hydrogen-bond donors (Lipinski definition) is 1. The first-order chi connectivity index (χ1) is 9.19. The molecule has 0 unspecified atom stereocenters. The van der Waals surface area contributed by atoms with Gasteiger partial charge in [0, 0.05) is 18.9 Å². The molecule has 1 aromatic carbocycles. The Balaban J connectivity index is 2.01. The number of benzene rings is 1. The fourth-order valence-corrected chi connectivity index (χ4v) is 1.62. The Morgan fingerprint density at radius 2 is 2.05 bits per heavy atom. The molecule has 1 N–H and O–H groups in total. The Morgan fingerprint density at radius 3 is 2.74 bits per heavy atom. The van der Waals surface area contributed by atoms with Crippen molar-refractivity contribution in [2.24, 2.45) is 0 Å². The molecule has 0 saturated heterocycles. The smallest absolute Gasteiger partial charge is 0.253 e. The van der Waals surface area contributed by atoms with Crippen LogP contribution >= 0.6 is 0 Å². The highest BCUT2D eigenvalue weighted by Gasteiger charge is 2.06. The Labute approximate surface area is 111 Å². The molecule has 0 saturated carbocycles. The van der Waals surface area contributed by atoms with E-state index in [-0.39, 0.29) is 5.91 Å². The summed E-state index contributed by atoms with van der Waals surface area (Å²) in [6.45, 7) is 2.47. The Hall–Kier alpha value is -2.67. The number of amides is 1. The molecule has 4 heteroatoms. The summed E-state index contributed by atoms with van der Waals surface area (Å²) in [5, 5.41) is 11.6. The van der Waals surface area contributed by atoms with Crippen molar-refractivity contribution in [2.45, 2.75) is 13.5 Å². The zero-order valence-electron chi connectivity index (χ0n) is 10.6. The van der Waals surface area contributed by atoms with Gasteiger partial charge >= 0.3 is 0 Å². The third-order valence-electron chi connectivity index (χ3n) is 2.70. The van der Waals surface area contributed by atoms with Crippen molar-refractivity contribution in [2.75, 3.05) is 0 Å². The minimum Gasteiger partial charge on any atom is -0.348 e. The number of aryl methyl sites for hydroxylation is 1. The van der Waals surface area contributed by atoms with Gasteiger partial charge in [-0.2, -0.15) is 5.26 Å². The molecule has 1 aromatic heterocycles. The van der Waals surface area contributed by atoms with Crippen LogP contribution in [0.25, 0.3) is 0 Å². The summed E-state index contributed by atoms with van der Waals surface area (Å²) in [4.78, 5) is 15.8. The number of aromatic nitrogens is 1. The molecular weight excluding hydrogens is 238 g/mol. The molecule has 1 amide bonds. The number of nitrogens with one attached hydrogen (secondary N) is 1. The van der Waals surface area contributed by atoms with Crippen LogP contribution in [0.5, 0.6) is 0 Å². The molecule has 94 valence electrons. The van der Waals surface area contributed by atoms with Crippen molar-refractivity contribution < 1.29 is 4.79 Å². The average molecular weight is 251 g/mol. The largest absolute Gasteiger partial charge is 0.348 e. The van der Waals surface area contributed by atoms with Gasteiger partial charge in [0.25, 0.3) is 5.91 Å². The van der Waals surface area contributed by atoms with E-state index in [0.717, 1.165) is 5.56 Å². The molecule has 2 aromatic rings. The molecule has 4 nitrogen and oxygen atoms in total. The van der Waals surface area contributed by atoms with Crippen LogP contribution in [0.4, 0.5) is 0 Å². The predicted octanol–water partition coefficient (Wildman–Crippen LogP) is 2.19. The average Bonchev–Trinajstić information content (AvgIpc) is 2.46. The summed E-state index contributed by atoms with van der Waals surface area (Å²) in [7, 11) is 0. The zero-order valence-corrected chi connectivity index (χ0v) is 10.6. The monoisotopic (exact) mass is 251 g/mol. The van der Waals surface area contributed by atoms with E-state index >= 15 is 0 Å². The van der Waals surface area contributed by atoms with E-state index < -0.39 is 0 Å². The van der Waals surface area contributed by atoms with Gasteiger partial charge in [0.2, 0.25) is 0 Å². The molecule has 0 fully saturated rings. The second kappa shape index (κ2) is 5.78. The second-order valence-electron chi connectivity index (χ2n) is 4.24. The number of rotatable bonds is 3. The number of pyridine rings is 1. The van der Waals surface area contributed by atoms with Crippen molar-refractivity contribution in [1.82, 2.24) is 10.3 Å². The first-order valence-corrected chi connectivity index (χ1v) is 5.88. The predicted molar refractivity (Wildman–Crippen MR) is 71.3 cm³/mol. The SMILES string of the molecule is Cc1ccc(CNC(=O)c2cncc(C#N)c2)cc1. The van der Waals surface area contributed by atoms with Gasteiger partial charge < -0.3 is 5.32 Å². The standard InChI is InChI=1S/C15H13N3O/c1-11-2-4-12(5-3-11)9-18-15(19)14-6-13(7-16)8-17-10-14/h2-6,8,10H,9H2,1H3,(H,18,19). The molecule has 1 heterocycles. The van der Waals surface area contributed by atoms with Crippen molar-refractivity contribution in [3.05, 3.63) is 65.0 Å². The summed E-state index contributed by atoms with van der Waals surface area (Å²) >= 11 is 0. The third-order valence-corrected chi connectivity index (χ3v) is 2.70. The first kappa shape index (κ1) is 12.8. The zero-order chi connectivity index (χ0) is 13.7. The highest BCUT2D eigenvalue weighted by Crippen LogP contribution is 2.04. The minimum absolute atomic E-state index is 0.231. The normalized spacial score (nSPS) is 9.68. The Bertz CT molecular complexity index is 627. The van der Waals surface area contributed by atoms with Crippen LogP contribution in [0.1, 0.15) is 27.0 Å². The maximum Gasteiger partial charge on any atom is 0.253 e. The van der Waals surface area contributed by atoms with Crippen molar-refractivity contribution in [1.29, 1.82) is 5.26 Å². The first-order valence-electron chi connectivity index (χ1n) is 5.88. The van der Waals surface area contributed by atoms with Gasteiger partial charge in [-0.3, -0.25) is 9.78 Å². The van der Waals surface area contributed by atoms with Crippen LogP contribution in [0, 0.1) is 18.3 Å². The van der Waals surface area contributed by atoms with E-state index in [1.165, 1.54) is 24.0 Å². The van der Waals surface area contributed by atoms with Gasteiger partial charge in [-0.1, -0.05) is 29.8 Å². The minimum atomic E-state index is -0.231. The maximum atomic E-state index is 11.9. The maximum absolute atomic E-state index is 11.9. The number of carbonyl (C=O) groups excluding carboxylic acids is 1. The van der Waals surface area contributed by atoms with E-state index in [2.05, 4.69) is 10.3 Å². The quantitative estimate of drug-likeness (QED) is 0.909. The fraction of sp³-hybridized carbons (Fsp3) is 0.133. The Morgan fingerprint density at radius 1 is 1.32 bits per heavy atom. The van der Waals surface area contributed by atoms with Gasteiger partial charge in [-0.15, -0.1) is 0 Å². The lowest BCUT2D eigenvalue weighted by atomic mass is 10.1. The topological polar surface area (TPSA) is 65.8 Å². The summed E-state index contributed by atoms with van der Waals surface area (Å²) < 4.78 is 0. The summed E-state index contributed by atoms with van der Waals surface area (Å²) in [6.07, 6.45) is 2.88. The van der Waals surface area contributed by atoms with E-state index in [4.69, 9.17) is 5.26 Å². The van der Waals surface area contributed by atoms with E-state index in [9.17, 15) is 4.79 Å². The highest BCUT2D eigenvalue weighted by molar-refractivity contribution is 5.94. The van der Waals surface area contributed by atoms with E-state index in [1.54, 1.807) is 0 Å². The molecule has 0 spiro atoms. The molecule has 0 radical (unpaired) electrons. The molecule has 0 aliphatic carbocycles. The Kier molecular flexibility index (Phi) is 3.89. The molecule has 0 aliphatic rings. The van der Waals surface area contributed by atoms with Gasteiger partial charge in [0.15, 0.2) is 0 Å². The highest BCUT2D eigenvalue weighted by atomic mass is 16.1. The van der Waals surface area contributed by atoms with Gasteiger partial charge in [-0.05, 0) is 18.6 Å². The van der Waals surface area contributed by atoms with Crippen LogP contribution in [-0.4, -0.2) is 10.9 Å². The fourth-order valence-electron chi connectivity index (χ4n) is 1.62. The van der Waals surface area contributed by atoms with Gasteiger partial charge in [0.05, 0.1) is 11.1 Å². The molecule has 0 aliphatic heterocycles. The van der Waals surface area contributed by atoms with Crippen LogP contribution in [0.3, 0.4) is 0 Å². The van der Waals surface area contributed by atoms with Crippen molar-refractivity contribution in [3.8, 4) is 6.07 Å². The van der Waals surface area contributed by atoms with E-state index in [1.807, 2.05) is 37.3 Å². The van der Waals surface area contributed by atoms with Crippen LogP contribution in [0.2, 0.25) is 0 Å². The number of hydrogen-bond acceptors (Lipinski definition) is 3. The van der Waals surface area contributed by atoms with E-state index in [0.29, 0.717) is 17.7 Å². The van der Waals surface area contributed by atoms with Crippen molar-refractivity contribution in [3.63, 3.8) is 0 Å². The number of nitrogens with zero attached hydrogens (tertiary/aromatic N) is 2. The molecular formula is C15H13N3O. The van der Waals surface area contributed by atoms with Crippen molar-refractivity contribution >= 4 is 5.91 Å². The van der Waals surface area contributed by atoms with Gasteiger partial charge in [0.1, 0.15) is 6.07 Å². The van der Waals surface area contributed by atoms with Crippen LogP contribution in [-0.2, 0) is 6.54 Å². The summed E-state index contributed by atoms with van der Waals surface area (Å²) in [5.41, 5.74) is 2.98. The third kappa shape index (κ3) is 3.39. The van der Waals surface area contributed by atoms with Crippen LogP contribution in [0.15, 0.2) is 42.7 Å². The lowest BCUT2D eigenvalue weighted by Gasteiger charge is -2.05. The number of carbonyl (C=O) groups is 1. The van der Waals surface area contributed by atoms with Crippen LogP contribution < -0.4 is 5.32 Å². The summed E-state index contributed by atoms with van der Waals surface area (Å²) in [6, 6.07) is 11.4. The molecule has 2 rings (SSSR count).